The van der Waals surface area contributed by atoms with Crippen molar-refractivity contribution in [2.75, 3.05) is 41.0 Å². The van der Waals surface area contributed by atoms with E-state index in [1.807, 2.05) is 26.2 Å². The molecule has 29 heavy (non-hydrogen) atoms. The highest BCUT2D eigenvalue weighted by molar-refractivity contribution is 14.0. The van der Waals surface area contributed by atoms with Crippen molar-refractivity contribution in [1.29, 1.82) is 0 Å². The largest absolute Gasteiger partial charge is 0.493 e. The van der Waals surface area contributed by atoms with Crippen LogP contribution in [0.5, 0.6) is 11.5 Å². The zero-order valence-electron chi connectivity index (χ0n) is 18.0. The van der Waals surface area contributed by atoms with Crippen LogP contribution in [-0.2, 0) is 11.3 Å². The number of nitrogens with zero attached hydrogens (tertiary/aromatic N) is 2. The number of nitrogens with one attached hydrogen (secondary N) is 1. The van der Waals surface area contributed by atoms with Crippen molar-refractivity contribution < 1.29 is 14.2 Å². The Morgan fingerprint density at radius 1 is 1.21 bits per heavy atom. The minimum absolute atomic E-state index is 0. The van der Waals surface area contributed by atoms with Gasteiger partial charge < -0.3 is 24.4 Å². The molecule has 0 unspecified atom stereocenters. The van der Waals surface area contributed by atoms with Gasteiger partial charge in [0, 0.05) is 39.4 Å². The third kappa shape index (κ3) is 7.51. The predicted octanol–water partition coefficient (Wildman–Crippen LogP) is 4.07. The first kappa shape index (κ1) is 24.1. The summed E-state index contributed by atoms with van der Waals surface area (Å²) in [5.74, 6) is 3.30. The summed E-state index contributed by atoms with van der Waals surface area (Å²) in [7, 11) is 5.55. The second kappa shape index (κ2) is 12.5. The SMILES string of the molecule is CN=C(NCc1cccc(OC)c1OC1CCCC1)N(C)CCOCC1CC1.I. The Morgan fingerprint density at radius 2 is 1.97 bits per heavy atom. The summed E-state index contributed by atoms with van der Waals surface area (Å²) in [4.78, 5) is 6.51. The number of hydrogen-bond donors (Lipinski definition) is 1. The van der Waals surface area contributed by atoms with Crippen molar-refractivity contribution in [2.24, 2.45) is 10.9 Å². The summed E-state index contributed by atoms with van der Waals surface area (Å²) in [6, 6.07) is 6.06. The van der Waals surface area contributed by atoms with Gasteiger partial charge in [0.2, 0.25) is 0 Å². The lowest BCUT2D eigenvalue weighted by Gasteiger charge is -2.23. The lowest BCUT2D eigenvalue weighted by Crippen LogP contribution is -2.40. The predicted molar refractivity (Wildman–Crippen MR) is 128 cm³/mol. The van der Waals surface area contributed by atoms with Crippen LogP contribution in [0.15, 0.2) is 23.2 Å². The van der Waals surface area contributed by atoms with Crippen LogP contribution in [0.25, 0.3) is 0 Å². The van der Waals surface area contributed by atoms with E-state index in [0.29, 0.717) is 12.6 Å². The Morgan fingerprint density at radius 3 is 2.62 bits per heavy atom. The molecule has 0 aromatic heterocycles. The monoisotopic (exact) mass is 517 g/mol. The van der Waals surface area contributed by atoms with Crippen LogP contribution in [0.4, 0.5) is 0 Å². The Balaban J connectivity index is 0.00000300. The first-order chi connectivity index (χ1) is 13.7. The van der Waals surface area contributed by atoms with E-state index in [1.54, 1.807) is 7.11 Å². The first-order valence-corrected chi connectivity index (χ1v) is 10.5. The molecule has 2 aliphatic carbocycles. The lowest BCUT2D eigenvalue weighted by molar-refractivity contribution is 0.115. The number of halogens is 1. The molecule has 0 aliphatic heterocycles. The Bertz CT molecular complexity index is 646. The van der Waals surface area contributed by atoms with Crippen molar-refractivity contribution in [2.45, 2.75) is 51.2 Å². The van der Waals surface area contributed by atoms with Gasteiger partial charge in [0.05, 0.1) is 19.8 Å². The number of guanidine groups is 1. The van der Waals surface area contributed by atoms with Crippen molar-refractivity contribution in [3.8, 4) is 11.5 Å². The number of para-hydroxylation sites is 1. The minimum atomic E-state index is 0. The average molecular weight is 517 g/mol. The van der Waals surface area contributed by atoms with Crippen molar-refractivity contribution >= 4 is 29.9 Å². The van der Waals surface area contributed by atoms with Gasteiger partial charge >= 0.3 is 0 Å². The van der Waals surface area contributed by atoms with Crippen molar-refractivity contribution in [1.82, 2.24) is 10.2 Å². The zero-order valence-corrected chi connectivity index (χ0v) is 20.3. The van der Waals surface area contributed by atoms with Gasteiger partial charge in [-0.05, 0) is 50.5 Å². The molecule has 0 radical (unpaired) electrons. The van der Waals surface area contributed by atoms with Gasteiger partial charge in [0.15, 0.2) is 17.5 Å². The molecule has 1 N–H and O–H groups in total. The standard InChI is InChI=1S/C22H35N3O3.HI/c1-23-22(25(2)13-14-27-16-17-11-12-17)24-15-18-7-6-10-20(26-3)21(18)28-19-8-4-5-9-19;/h6-7,10,17,19H,4-5,8-9,11-16H2,1-3H3,(H,23,24);1H. The van der Waals surface area contributed by atoms with Crippen LogP contribution < -0.4 is 14.8 Å². The molecule has 2 saturated carbocycles. The van der Waals surface area contributed by atoms with Crippen molar-refractivity contribution in [3.05, 3.63) is 23.8 Å². The number of hydrogen-bond acceptors (Lipinski definition) is 4. The smallest absolute Gasteiger partial charge is 0.193 e. The topological polar surface area (TPSA) is 55.3 Å². The molecular weight excluding hydrogens is 481 g/mol. The second-order valence-corrected chi connectivity index (χ2v) is 7.81. The molecule has 3 rings (SSSR count). The van der Waals surface area contributed by atoms with E-state index in [1.165, 1.54) is 25.7 Å². The van der Waals surface area contributed by atoms with Crippen LogP contribution >= 0.6 is 24.0 Å². The number of benzene rings is 1. The molecule has 1 aromatic rings. The fraction of sp³-hybridized carbons (Fsp3) is 0.682. The summed E-state index contributed by atoms with van der Waals surface area (Å²) in [5.41, 5.74) is 1.09. The summed E-state index contributed by atoms with van der Waals surface area (Å²) >= 11 is 0. The van der Waals surface area contributed by atoms with Crippen molar-refractivity contribution in [3.63, 3.8) is 0 Å². The van der Waals surface area contributed by atoms with E-state index >= 15 is 0 Å². The Hall–Kier alpha value is -1.22. The molecule has 0 amide bonds. The first-order valence-electron chi connectivity index (χ1n) is 10.5. The highest BCUT2D eigenvalue weighted by atomic mass is 127. The van der Waals surface area contributed by atoms with Gasteiger partial charge in [-0.3, -0.25) is 4.99 Å². The quantitative estimate of drug-likeness (QED) is 0.220. The van der Waals surface area contributed by atoms with Gasteiger partial charge in [-0.1, -0.05) is 12.1 Å². The molecule has 6 nitrogen and oxygen atoms in total. The molecule has 0 atom stereocenters. The van der Waals surface area contributed by atoms with E-state index in [0.717, 1.165) is 61.5 Å². The molecule has 0 heterocycles. The van der Waals surface area contributed by atoms with Gasteiger partial charge in [-0.2, -0.15) is 0 Å². The second-order valence-electron chi connectivity index (χ2n) is 7.81. The fourth-order valence-electron chi connectivity index (χ4n) is 3.57. The molecule has 7 heteroatoms. The number of aliphatic imine (C=N–C) groups is 1. The average Bonchev–Trinajstić information content (AvgIpc) is 3.40. The van der Waals surface area contributed by atoms with E-state index in [-0.39, 0.29) is 24.0 Å². The Kier molecular flexibility index (Phi) is 10.3. The van der Waals surface area contributed by atoms with Crippen LogP contribution in [0.3, 0.4) is 0 Å². The number of likely N-dealkylation sites (N-methyl/N-ethyl adjacent to an activating group) is 1. The normalized spacial score (nSPS) is 17.0. The van der Waals surface area contributed by atoms with Gasteiger partial charge in [0.25, 0.3) is 0 Å². The minimum Gasteiger partial charge on any atom is -0.493 e. The summed E-state index contributed by atoms with van der Waals surface area (Å²) in [5, 5.41) is 3.45. The number of ether oxygens (including phenoxy) is 3. The van der Waals surface area contributed by atoms with Crippen LogP contribution in [0.1, 0.15) is 44.1 Å². The third-order valence-electron chi connectivity index (χ3n) is 5.50. The number of rotatable bonds is 10. The molecule has 2 fully saturated rings. The summed E-state index contributed by atoms with van der Waals surface area (Å²) < 4.78 is 17.6. The number of methoxy groups -OCH3 is 1. The zero-order chi connectivity index (χ0) is 19.8. The Labute approximate surface area is 192 Å². The molecule has 1 aromatic carbocycles. The maximum Gasteiger partial charge on any atom is 0.193 e. The fourth-order valence-corrected chi connectivity index (χ4v) is 3.57. The van der Waals surface area contributed by atoms with Gasteiger partial charge in [-0.25, -0.2) is 0 Å². The maximum absolute atomic E-state index is 6.32. The highest BCUT2D eigenvalue weighted by Gasteiger charge is 2.22. The van der Waals surface area contributed by atoms with E-state index in [2.05, 4.69) is 21.3 Å². The van der Waals surface area contributed by atoms with Gasteiger partial charge in [0.1, 0.15) is 0 Å². The molecule has 0 spiro atoms. The molecule has 0 saturated heterocycles. The van der Waals surface area contributed by atoms with Gasteiger partial charge in [-0.15, -0.1) is 24.0 Å². The van der Waals surface area contributed by atoms with E-state index < -0.39 is 0 Å². The molecule has 2 aliphatic rings. The summed E-state index contributed by atoms with van der Waals surface area (Å²) in [6.07, 6.45) is 7.67. The lowest BCUT2D eigenvalue weighted by atomic mass is 10.1. The third-order valence-corrected chi connectivity index (χ3v) is 5.50. The van der Waals surface area contributed by atoms with Crippen LogP contribution in [0, 0.1) is 5.92 Å². The van der Waals surface area contributed by atoms with Crippen LogP contribution in [0.2, 0.25) is 0 Å². The molecular formula is C22H36IN3O3. The molecule has 0 bridgehead atoms. The highest BCUT2D eigenvalue weighted by Crippen LogP contribution is 2.34. The van der Waals surface area contributed by atoms with E-state index in [9.17, 15) is 0 Å². The molecule has 164 valence electrons. The van der Waals surface area contributed by atoms with E-state index in [4.69, 9.17) is 14.2 Å². The summed E-state index contributed by atoms with van der Waals surface area (Å²) in [6.45, 7) is 3.07. The maximum atomic E-state index is 6.32. The van der Waals surface area contributed by atoms with Crippen LogP contribution in [-0.4, -0.2) is 57.9 Å².